The second kappa shape index (κ2) is 6.24. The average Bonchev–Trinajstić information content (AvgIpc) is 2.63. The number of nitrogens with one attached hydrogen (secondary N) is 2. The van der Waals surface area contributed by atoms with Crippen molar-refractivity contribution in [2.75, 3.05) is 19.6 Å². The van der Waals surface area contributed by atoms with Crippen molar-refractivity contribution in [2.45, 2.75) is 20.0 Å². The molecule has 1 unspecified atom stereocenters. The van der Waals surface area contributed by atoms with E-state index in [2.05, 4.69) is 15.8 Å². The summed E-state index contributed by atoms with van der Waals surface area (Å²) >= 11 is 0. The number of aliphatic hydroxyl groups excluding tert-OH is 1. The van der Waals surface area contributed by atoms with Gasteiger partial charge in [0.2, 0.25) is 5.76 Å². The van der Waals surface area contributed by atoms with Crippen molar-refractivity contribution in [3.8, 4) is 0 Å². The number of aromatic nitrogens is 1. The Balaban J connectivity index is 2.19. The second-order valence-electron chi connectivity index (χ2n) is 3.65. The van der Waals surface area contributed by atoms with Crippen LogP contribution in [0.5, 0.6) is 0 Å². The Kier molecular flexibility index (Phi) is 4.94. The SMILES string of the molecule is Cc1cnoc1C(=O)NCCNCC(C)O. The Bertz CT molecular complexity index is 336. The maximum atomic E-state index is 11.5. The number of carbonyl (C=O) groups excluding carboxylic acids is 1. The summed E-state index contributed by atoms with van der Waals surface area (Å²) in [5.41, 5.74) is 0.717. The van der Waals surface area contributed by atoms with Gasteiger partial charge in [0.1, 0.15) is 0 Å². The summed E-state index contributed by atoms with van der Waals surface area (Å²) in [6.45, 7) is 5.05. The Morgan fingerprint density at radius 1 is 1.62 bits per heavy atom. The minimum atomic E-state index is -0.382. The lowest BCUT2D eigenvalue weighted by Crippen LogP contribution is -2.34. The molecule has 0 fully saturated rings. The van der Waals surface area contributed by atoms with Crippen molar-refractivity contribution in [3.05, 3.63) is 17.5 Å². The van der Waals surface area contributed by atoms with E-state index in [0.29, 0.717) is 19.6 Å². The molecule has 1 atom stereocenters. The van der Waals surface area contributed by atoms with Gasteiger partial charge in [0, 0.05) is 25.2 Å². The molecule has 16 heavy (non-hydrogen) atoms. The first-order valence-corrected chi connectivity index (χ1v) is 5.19. The van der Waals surface area contributed by atoms with E-state index in [9.17, 15) is 4.79 Å². The Labute approximate surface area is 94.0 Å². The third-order valence-corrected chi connectivity index (χ3v) is 1.98. The lowest BCUT2D eigenvalue weighted by Gasteiger charge is -2.07. The summed E-state index contributed by atoms with van der Waals surface area (Å²) in [6, 6.07) is 0. The zero-order valence-electron chi connectivity index (χ0n) is 9.49. The van der Waals surface area contributed by atoms with Gasteiger partial charge >= 0.3 is 0 Å². The fourth-order valence-electron chi connectivity index (χ4n) is 1.16. The van der Waals surface area contributed by atoms with Crippen LogP contribution < -0.4 is 10.6 Å². The van der Waals surface area contributed by atoms with Gasteiger partial charge in [-0.3, -0.25) is 4.79 Å². The second-order valence-corrected chi connectivity index (χ2v) is 3.65. The molecular formula is C10H17N3O3. The fraction of sp³-hybridized carbons (Fsp3) is 0.600. The van der Waals surface area contributed by atoms with Gasteiger partial charge in [-0.2, -0.15) is 0 Å². The first-order valence-electron chi connectivity index (χ1n) is 5.19. The number of hydrogen-bond acceptors (Lipinski definition) is 5. The van der Waals surface area contributed by atoms with Crippen molar-refractivity contribution < 1.29 is 14.4 Å². The smallest absolute Gasteiger partial charge is 0.290 e. The van der Waals surface area contributed by atoms with Crippen molar-refractivity contribution in [2.24, 2.45) is 0 Å². The molecule has 0 saturated heterocycles. The van der Waals surface area contributed by atoms with Gasteiger partial charge < -0.3 is 20.3 Å². The molecule has 1 aromatic rings. The summed E-state index contributed by atoms with van der Waals surface area (Å²) in [7, 11) is 0. The summed E-state index contributed by atoms with van der Waals surface area (Å²) in [5.74, 6) is -0.0237. The van der Waals surface area contributed by atoms with Crippen molar-refractivity contribution in [1.29, 1.82) is 0 Å². The van der Waals surface area contributed by atoms with Crippen molar-refractivity contribution in [3.63, 3.8) is 0 Å². The van der Waals surface area contributed by atoms with E-state index in [0.717, 1.165) is 5.56 Å². The normalized spacial score (nSPS) is 12.4. The van der Waals surface area contributed by atoms with Crippen LogP contribution in [0, 0.1) is 6.92 Å². The first-order chi connectivity index (χ1) is 7.61. The highest BCUT2D eigenvalue weighted by atomic mass is 16.5. The first kappa shape index (κ1) is 12.7. The maximum Gasteiger partial charge on any atom is 0.290 e. The zero-order valence-corrected chi connectivity index (χ0v) is 9.49. The number of hydrogen-bond donors (Lipinski definition) is 3. The molecule has 6 heteroatoms. The van der Waals surface area contributed by atoms with E-state index in [-0.39, 0.29) is 17.8 Å². The van der Waals surface area contributed by atoms with Crippen LogP contribution in [-0.2, 0) is 0 Å². The largest absolute Gasteiger partial charge is 0.392 e. The van der Waals surface area contributed by atoms with E-state index < -0.39 is 0 Å². The maximum absolute atomic E-state index is 11.5. The molecule has 0 spiro atoms. The molecule has 90 valence electrons. The van der Waals surface area contributed by atoms with Crippen LogP contribution in [0.4, 0.5) is 0 Å². The van der Waals surface area contributed by atoms with Gasteiger partial charge in [0.15, 0.2) is 0 Å². The van der Waals surface area contributed by atoms with Gasteiger partial charge in [-0.1, -0.05) is 5.16 Å². The molecular weight excluding hydrogens is 210 g/mol. The third kappa shape index (κ3) is 4.00. The molecule has 0 saturated carbocycles. The predicted molar refractivity (Wildman–Crippen MR) is 58.1 cm³/mol. The average molecular weight is 227 g/mol. The van der Waals surface area contributed by atoms with Crippen LogP contribution in [0.3, 0.4) is 0 Å². The molecule has 1 amide bonds. The van der Waals surface area contributed by atoms with E-state index in [1.807, 2.05) is 0 Å². The number of rotatable bonds is 6. The molecule has 1 heterocycles. The van der Waals surface area contributed by atoms with E-state index in [1.54, 1.807) is 13.8 Å². The Morgan fingerprint density at radius 3 is 2.94 bits per heavy atom. The van der Waals surface area contributed by atoms with Gasteiger partial charge in [-0.05, 0) is 13.8 Å². The van der Waals surface area contributed by atoms with Crippen LogP contribution in [0.2, 0.25) is 0 Å². The molecule has 0 aromatic carbocycles. The number of carbonyl (C=O) groups is 1. The van der Waals surface area contributed by atoms with Gasteiger partial charge in [-0.25, -0.2) is 0 Å². The van der Waals surface area contributed by atoms with E-state index >= 15 is 0 Å². The highest BCUT2D eigenvalue weighted by molar-refractivity contribution is 5.92. The molecule has 1 aromatic heterocycles. The number of amides is 1. The van der Waals surface area contributed by atoms with Crippen LogP contribution in [0.15, 0.2) is 10.7 Å². The highest BCUT2D eigenvalue weighted by Crippen LogP contribution is 2.04. The van der Waals surface area contributed by atoms with Gasteiger partial charge in [0.05, 0.1) is 12.3 Å². The molecule has 0 bridgehead atoms. The Hall–Kier alpha value is -1.40. The van der Waals surface area contributed by atoms with Crippen molar-refractivity contribution in [1.82, 2.24) is 15.8 Å². The number of aliphatic hydroxyl groups is 1. The molecule has 0 aliphatic rings. The molecule has 6 nitrogen and oxygen atoms in total. The van der Waals surface area contributed by atoms with Gasteiger partial charge in [0.25, 0.3) is 5.91 Å². The third-order valence-electron chi connectivity index (χ3n) is 1.98. The lowest BCUT2D eigenvalue weighted by atomic mass is 10.3. The summed E-state index contributed by atoms with van der Waals surface area (Å²) in [5, 5.41) is 18.2. The van der Waals surface area contributed by atoms with Crippen LogP contribution >= 0.6 is 0 Å². The topological polar surface area (TPSA) is 87.4 Å². The van der Waals surface area contributed by atoms with E-state index in [1.165, 1.54) is 6.20 Å². The lowest BCUT2D eigenvalue weighted by molar-refractivity contribution is 0.0916. The van der Waals surface area contributed by atoms with Crippen molar-refractivity contribution >= 4 is 5.91 Å². The minimum Gasteiger partial charge on any atom is -0.392 e. The van der Waals surface area contributed by atoms with Gasteiger partial charge in [-0.15, -0.1) is 0 Å². The number of aryl methyl sites for hydroxylation is 1. The van der Waals surface area contributed by atoms with Crippen LogP contribution in [-0.4, -0.2) is 41.9 Å². The Morgan fingerprint density at radius 2 is 2.38 bits per heavy atom. The molecule has 1 rings (SSSR count). The fourth-order valence-corrected chi connectivity index (χ4v) is 1.16. The standard InChI is InChI=1S/C10H17N3O3/c1-7-5-13-16-9(7)10(15)12-4-3-11-6-8(2)14/h5,8,11,14H,3-4,6H2,1-2H3,(H,12,15). The summed E-state index contributed by atoms with van der Waals surface area (Å²) < 4.78 is 4.80. The minimum absolute atomic E-state index is 0.246. The quantitative estimate of drug-likeness (QED) is 0.580. The zero-order chi connectivity index (χ0) is 12.0. The summed E-state index contributed by atoms with van der Waals surface area (Å²) in [4.78, 5) is 11.5. The number of nitrogens with zero attached hydrogens (tertiary/aromatic N) is 1. The van der Waals surface area contributed by atoms with E-state index in [4.69, 9.17) is 9.63 Å². The van der Waals surface area contributed by atoms with Crippen LogP contribution in [0.1, 0.15) is 23.0 Å². The molecule has 0 aliphatic carbocycles. The predicted octanol–water partition coefficient (Wildman–Crippen LogP) is -0.317. The molecule has 0 aliphatic heterocycles. The summed E-state index contributed by atoms with van der Waals surface area (Å²) in [6.07, 6.45) is 1.12. The molecule has 0 radical (unpaired) electrons. The van der Waals surface area contributed by atoms with Crippen LogP contribution in [0.25, 0.3) is 0 Å². The highest BCUT2D eigenvalue weighted by Gasteiger charge is 2.12. The monoisotopic (exact) mass is 227 g/mol. The molecule has 3 N–H and O–H groups in total.